The van der Waals surface area contributed by atoms with Gasteiger partial charge in [-0.25, -0.2) is 9.78 Å². The number of nitrogens with zero attached hydrogens (tertiary/aromatic N) is 6. The average molecular weight is 802 g/mol. The van der Waals surface area contributed by atoms with E-state index in [2.05, 4.69) is 90.9 Å². The van der Waals surface area contributed by atoms with Crippen molar-refractivity contribution < 1.29 is 28.8 Å². The van der Waals surface area contributed by atoms with Crippen molar-refractivity contribution in [1.82, 2.24) is 35.2 Å². The number of carboxylic acids is 1. The maximum atomic E-state index is 11.6. The summed E-state index contributed by atoms with van der Waals surface area (Å²) in [6.45, 7) is 6.29. The highest BCUT2D eigenvalue weighted by molar-refractivity contribution is 5.85. The first-order valence-electron chi connectivity index (χ1n) is 21.1. The van der Waals surface area contributed by atoms with E-state index in [1.165, 1.54) is 17.2 Å². The smallest absolute Gasteiger partial charge is 0.354 e. The third kappa shape index (κ3) is 10.5. The number of carboxylic acid groups (broad SMARTS) is 1. The van der Waals surface area contributed by atoms with Gasteiger partial charge in [0.1, 0.15) is 17.1 Å². The van der Waals surface area contributed by atoms with Crippen molar-refractivity contribution in [2.45, 2.75) is 69.2 Å². The molecule has 2 aliphatic carbocycles. The number of nitrogens with one attached hydrogen (secondary N) is 1. The molecule has 3 aromatic heterocycles. The number of aromatic carboxylic acids is 1. The molecule has 2 fully saturated rings. The van der Waals surface area contributed by atoms with Crippen LogP contribution < -0.4 is 0 Å². The fourth-order valence-corrected chi connectivity index (χ4v) is 8.89. The quantitative estimate of drug-likeness (QED) is 0.183. The number of benzene rings is 2. The minimum Gasteiger partial charge on any atom is -0.477 e. The number of pyridine rings is 2. The minimum atomic E-state index is -1.03. The van der Waals surface area contributed by atoms with Gasteiger partial charge in [-0.05, 0) is 67.0 Å². The topological polar surface area (TPSA) is 148 Å². The number of aromatic amines is 1. The van der Waals surface area contributed by atoms with Gasteiger partial charge in [0.25, 0.3) is 0 Å². The lowest BCUT2D eigenvalue weighted by Crippen LogP contribution is -2.41. The molecule has 3 aliphatic rings. The highest BCUT2D eigenvalue weighted by Crippen LogP contribution is 2.44. The molecule has 4 heterocycles. The summed E-state index contributed by atoms with van der Waals surface area (Å²) in [5.41, 5.74) is 8.29. The fourth-order valence-electron chi connectivity index (χ4n) is 8.89. The predicted molar refractivity (Wildman–Crippen MR) is 223 cm³/mol. The van der Waals surface area contributed by atoms with Crippen molar-refractivity contribution in [3.8, 4) is 22.5 Å². The second-order valence-electron chi connectivity index (χ2n) is 15.6. The molecule has 0 amide bonds. The Hall–Kier alpha value is -4.89. The molecular weight excluding hydrogens is 747 g/mol. The van der Waals surface area contributed by atoms with Crippen LogP contribution in [0.25, 0.3) is 22.5 Å². The van der Waals surface area contributed by atoms with Gasteiger partial charge in [0, 0.05) is 50.0 Å². The zero-order valence-electron chi connectivity index (χ0n) is 33.7. The van der Waals surface area contributed by atoms with Crippen LogP contribution in [0.1, 0.15) is 77.1 Å². The molecule has 2 aromatic carbocycles. The zero-order valence-corrected chi connectivity index (χ0v) is 33.7. The van der Waals surface area contributed by atoms with Crippen LogP contribution in [0, 0.1) is 0 Å². The monoisotopic (exact) mass is 801 g/mol. The van der Waals surface area contributed by atoms with E-state index in [1.807, 2.05) is 18.3 Å². The Labute approximate surface area is 346 Å². The highest BCUT2D eigenvalue weighted by atomic mass is 16.5. The van der Waals surface area contributed by atoms with Gasteiger partial charge in [0.05, 0.1) is 69.3 Å². The molecule has 2 N–H and O–H groups in total. The average Bonchev–Trinajstić information content (AvgIpc) is 3.75. The number of hydrogen-bond acceptors (Lipinski definition) is 11. The van der Waals surface area contributed by atoms with E-state index in [0.717, 1.165) is 66.7 Å². The van der Waals surface area contributed by atoms with Gasteiger partial charge in [0.2, 0.25) is 0 Å². The molecule has 13 heteroatoms. The van der Waals surface area contributed by atoms with Crippen molar-refractivity contribution in [1.29, 1.82) is 0 Å². The molecule has 4 unspecified atom stereocenters. The Morgan fingerprint density at radius 1 is 0.746 bits per heavy atom. The van der Waals surface area contributed by atoms with Gasteiger partial charge in [-0.15, -0.1) is 0 Å². The minimum absolute atomic E-state index is 0.00498. The third-order valence-corrected chi connectivity index (χ3v) is 11.9. The van der Waals surface area contributed by atoms with Crippen LogP contribution in [-0.2, 0) is 31.9 Å². The van der Waals surface area contributed by atoms with E-state index in [4.69, 9.17) is 23.9 Å². The molecule has 5 aromatic rings. The molecular formula is C46H55N7O6. The molecule has 1 saturated carbocycles. The van der Waals surface area contributed by atoms with Crippen LogP contribution >= 0.6 is 0 Å². The number of fused-ring (bicyclic) bond motifs is 6. The van der Waals surface area contributed by atoms with Crippen molar-refractivity contribution in [3.05, 3.63) is 119 Å². The van der Waals surface area contributed by atoms with Crippen molar-refractivity contribution in [3.63, 3.8) is 0 Å². The van der Waals surface area contributed by atoms with Crippen LogP contribution in [0.2, 0.25) is 0 Å². The van der Waals surface area contributed by atoms with Crippen LogP contribution in [0.15, 0.2) is 91.1 Å². The lowest BCUT2D eigenvalue weighted by atomic mass is 9.79. The van der Waals surface area contributed by atoms with Gasteiger partial charge in [-0.2, -0.15) is 15.4 Å². The van der Waals surface area contributed by atoms with Gasteiger partial charge in [-0.1, -0.05) is 73.5 Å². The van der Waals surface area contributed by atoms with Gasteiger partial charge in [0.15, 0.2) is 0 Å². The Morgan fingerprint density at radius 3 is 2.20 bits per heavy atom. The normalized spacial score (nSPS) is 22.2. The summed E-state index contributed by atoms with van der Waals surface area (Å²) in [6, 6.07) is 28.5. The number of carbonyl (C=O) groups is 1. The second-order valence-corrected chi connectivity index (χ2v) is 15.6. The summed E-state index contributed by atoms with van der Waals surface area (Å²) < 4.78 is 25.7. The number of H-pyrrole nitrogens is 1. The standard InChI is InChI=1S/C46H55N7O6/c54-46(55)40-16-9-11-35(48-40)32-52-20-24-56-28-29-57-25-22-53(23-27-59-43-18-6-5-17-42(43)58-26-21-52)41(39-15-7-8-19-47-39)31-34-30-33-10-1-2-13-37(33)44-45(50-51-49-44)38-14-4-3-12-36(34)38/h1-4,7-16,19,34,41-43H,5-6,17-18,20-32H2,(H,54,55)(H,49,50,51). The molecule has 59 heavy (non-hydrogen) atoms. The molecule has 0 bridgehead atoms. The first kappa shape index (κ1) is 40.9. The fraction of sp³-hybridized carbons (Fsp3) is 0.457. The lowest BCUT2D eigenvalue weighted by Gasteiger charge is -2.36. The zero-order chi connectivity index (χ0) is 40.2. The van der Waals surface area contributed by atoms with Crippen LogP contribution in [0.4, 0.5) is 0 Å². The first-order chi connectivity index (χ1) is 29.1. The van der Waals surface area contributed by atoms with Gasteiger partial charge >= 0.3 is 5.97 Å². The number of rotatable bonds is 7. The Bertz CT molecular complexity index is 2100. The summed E-state index contributed by atoms with van der Waals surface area (Å²) in [6.07, 6.45) is 7.74. The van der Waals surface area contributed by atoms with E-state index in [-0.39, 0.29) is 29.9 Å². The maximum absolute atomic E-state index is 11.6. The van der Waals surface area contributed by atoms with E-state index < -0.39 is 5.97 Å². The van der Waals surface area contributed by atoms with E-state index >= 15 is 0 Å². The highest BCUT2D eigenvalue weighted by Gasteiger charge is 2.32. The summed E-state index contributed by atoms with van der Waals surface area (Å²) in [5.74, 6) is -0.865. The third-order valence-electron chi connectivity index (χ3n) is 11.9. The number of aromatic nitrogens is 5. The molecule has 1 saturated heterocycles. The van der Waals surface area contributed by atoms with Gasteiger partial charge < -0.3 is 24.1 Å². The van der Waals surface area contributed by atoms with Crippen LogP contribution in [0.5, 0.6) is 0 Å². The predicted octanol–water partition coefficient (Wildman–Crippen LogP) is 6.59. The SMILES string of the molecule is O=C(O)c1cccc(CN2CCOCCOCCN(C(CC3Cc4ccccc4-c4n[nH]nc4-c4ccccc43)c3ccccn3)CCOC3CCCCC3OCC2)n1. The van der Waals surface area contributed by atoms with Crippen LogP contribution in [-0.4, -0.2) is 124 Å². The largest absolute Gasteiger partial charge is 0.477 e. The van der Waals surface area contributed by atoms with E-state index in [0.29, 0.717) is 78.1 Å². The summed E-state index contributed by atoms with van der Waals surface area (Å²) in [4.78, 5) is 25.6. The molecule has 0 spiro atoms. The maximum Gasteiger partial charge on any atom is 0.354 e. The van der Waals surface area contributed by atoms with Crippen molar-refractivity contribution >= 4 is 5.97 Å². The molecule has 4 atom stereocenters. The summed E-state index contributed by atoms with van der Waals surface area (Å²) >= 11 is 0. The number of ether oxygens (including phenoxy) is 4. The molecule has 13 nitrogen and oxygen atoms in total. The van der Waals surface area contributed by atoms with E-state index in [1.54, 1.807) is 6.07 Å². The van der Waals surface area contributed by atoms with Crippen molar-refractivity contribution in [2.24, 2.45) is 0 Å². The Balaban J connectivity index is 1.01. The van der Waals surface area contributed by atoms with Crippen LogP contribution in [0.3, 0.4) is 0 Å². The van der Waals surface area contributed by atoms with E-state index in [9.17, 15) is 9.90 Å². The van der Waals surface area contributed by atoms with Crippen molar-refractivity contribution in [2.75, 3.05) is 65.8 Å². The molecule has 0 radical (unpaired) electrons. The Morgan fingerprint density at radius 2 is 1.42 bits per heavy atom. The first-order valence-corrected chi connectivity index (χ1v) is 21.1. The summed E-state index contributed by atoms with van der Waals surface area (Å²) in [7, 11) is 0. The lowest BCUT2D eigenvalue weighted by molar-refractivity contribution is -0.101. The molecule has 310 valence electrons. The number of hydrogen-bond donors (Lipinski definition) is 2. The molecule has 8 rings (SSSR count). The van der Waals surface area contributed by atoms with Gasteiger partial charge in [-0.3, -0.25) is 14.8 Å². The molecule has 1 aliphatic heterocycles. The summed E-state index contributed by atoms with van der Waals surface area (Å²) in [5, 5.41) is 21.7. The Kier molecular flexibility index (Phi) is 14.1. The second kappa shape index (κ2) is 20.4.